The van der Waals surface area contributed by atoms with E-state index in [4.69, 9.17) is 4.74 Å². The topological polar surface area (TPSA) is 38.3 Å². The summed E-state index contributed by atoms with van der Waals surface area (Å²) in [5.41, 5.74) is 2.42. The average Bonchev–Trinajstić information content (AvgIpc) is 2.43. The van der Waals surface area contributed by atoms with Crippen LogP contribution in [0.4, 0.5) is 10.1 Å². The number of amides is 1. The van der Waals surface area contributed by atoms with E-state index < -0.39 is 0 Å². The number of nitrogens with one attached hydrogen (secondary N) is 1. The minimum Gasteiger partial charge on any atom is -0.493 e. The molecule has 0 bridgehead atoms. The molecule has 0 saturated heterocycles. The number of ether oxygens (including phenoxy) is 1. The number of aryl methyl sites for hydroxylation is 2. The maximum atomic E-state index is 13.1. The van der Waals surface area contributed by atoms with Crippen molar-refractivity contribution in [3.05, 3.63) is 59.4 Å². The average molecular weight is 287 g/mol. The first-order valence-corrected chi connectivity index (χ1v) is 6.80. The lowest BCUT2D eigenvalue weighted by Crippen LogP contribution is -2.16. The molecule has 4 heteroatoms. The zero-order valence-electron chi connectivity index (χ0n) is 12.2. The van der Waals surface area contributed by atoms with Crippen molar-refractivity contribution in [2.24, 2.45) is 0 Å². The number of carbonyl (C=O) groups excluding carboxylic acids is 1. The van der Waals surface area contributed by atoms with Gasteiger partial charge in [-0.3, -0.25) is 4.79 Å². The van der Waals surface area contributed by atoms with Gasteiger partial charge in [0.2, 0.25) is 5.91 Å². The largest absolute Gasteiger partial charge is 0.493 e. The van der Waals surface area contributed by atoms with Crippen molar-refractivity contribution in [1.29, 1.82) is 0 Å². The van der Waals surface area contributed by atoms with Gasteiger partial charge in [0.1, 0.15) is 11.6 Å². The maximum Gasteiger partial charge on any atom is 0.227 e. The molecule has 0 aromatic heterocycles. The number of rotatable bonds is 5. The molecule has 0 heterocycles. The molecule has 1 N–H and O–H groups in total. The summed E-state index contributed by atoms with van der Waals surface area (Å²) < 4.78 is 18.6. The molecule has 0 fully saturated rings. The van der Waals surface area contributed by atoms with Crippen molar-refractivity contribution >= 4 is 11.6 Å². The monoisotopic (exact) mass is 287 g/mol. The first kappa shape index (κ1) is 15.0. The van der Waals surface area contributed by atoms with Crippen LogP contribution in [0.15, 0.2) is 42.5 Å². The Labute approximate surface area is 123 Å². The molecular weight excluding hydrogens is 269 g/mol. The van der Waals surface area contributed by atoms with Crippen LogP contribution in [0.25, 0.3) is 0 Å². The van der Waals surface area contributed by atoms with E-state index in [9.17, 15) is 9.18 Å². The van der Waals surface area contributed by atoms with Crippen LogP contribution in [0.1, 0.15) is 17.5 Å². The van der Waals surface area contributed by atoms with E-state index in [-0.39, 0.29) is 24.8 Å². The zero-order chi connectivity index (χ0) is 15.2. The van der Waals surface area contributed by atoms with Crippen LogP contribution >= 0.6 is 0 Å². The Hall–Kier alpha value is -2.36. The second kappa shape index (κ2) is 6.88. The molecule has 0 aliphatic carbocycles. The van der Waals surface area contributed by atoms with Gasteiger partial charge in [0, 0.05) is 5.69 Å². The number of hydrogen-bond acceptors (Lipinski definition) is 2. The molecule has 0 saturated carbocycles. The quantitative estimate of drug-likeness (QED) is 0.907. The van der Waals surface area contributed by atoms with Crippen molar-refractivity contribution in [3.63, 3.8) is 0 Å². The molecule has 21 heavy (non-hydrogen) atoms. The molecular formula is C17H18FNO2. The summed E-state index contributed by atoms with van der Waals surface area (Å²) in [6.45, 7) is 4.08. The normalized spacial score (nSPS) is 10.2. The zero-order valence-corrected chi connectivity index (χ0v) is 12.2. The van der Waals surface area contributed by atoms with Crippen LogP contribution in [0, 0.1) is 19.7 Å². The Morgan fingerprint density at radius 1 is 1.19 bits per heavy atom. The second-order valence-electron chi connectivity index (χ2n) is 4.92. The molecule has 0 aliphatic rings. The summed E-state index contributed by atoms with van der Waals surface area (Å²) >= 11 is 0. The Kier molecular flexibility index (Phi) is 4.93. The summed E-state index contributed by atoms with van der Waals surface area (Å²) in [4.78, 5) is 11.8. The molecule has 0 radical (unpaired) electrons. The Bertz CT molecular complexity index is 640. The fraction of sp³-hybridized carbons (Fsp3) is 0.235. The lowest BCUT2D eigenvalue weighted by atomic mass is 10.2. The van der Waals surface area contributed by atoms with Crippen LogP contribution < -0.4 is 10.1 Å². The van der Waals surface area contributed by atoms with E-state index in [1.807, 2.05) is 38.1 Å². The Morgan fingerprint density at radius 3 is 2.76 bits per heavy atom. The fourth-order valence-corrected chi connectivity index (χ4v) is 1.91. The van der Waals surface area contributed by atoms with Crippen LogP contribution in [0.5, 0.6) is 5.75 Å². The molecule has 3 nitrogen and oxygen atoms in total. The van der Waals surface area contributed by atoms with Crippen molar-refractivity contribution in [2.45, 2.75) is 20.3 Å². The maximum absolute atomic E-state index is 13.1. The van der Waals surface area contributed by atoms with E-state index in [2.05, 4.69) is 5.32 Å². The van der Waals surface area contributed by atoms with E-state index in [1.54, 1.807) is 6.07 Å². The van der Waals surface area contributed by atoms with E-state index >= 15 is 0 Å². The molecule has 2 aromatic rings. The van der Waals surface area contributed by atoms with Gasteiger partial charge in [-0.2, -0.15) is 0 Å². The Balaban J connectivity index is 1.84. The van der Waals surface area contributed by atoms with Gasteiger partial charge in [0.15, 0.2) is 0 Å². The minimum absolute atomic E-state index is 0.198. The van der Waals surface area contributed by atoms with Crippen molar-refractivity contribution in [2.75, 3.05) is 11.9 Å². The predicted octanol–water partition coefficient (Wildman–Crippen LogP) is 3.85. The van der Waals surface area contributed by atoms with Crippen LogP contribution in [0.2, 0.25) is 0 Å². The SMILES string of the molecule is Cc1cccc(OCCC(=O)Nc2cc(F)ccc2C)c1. The predicted molar refractivity (Wildman–Crippen MR) is 81.1 cm³/mol. The van der Waals surface area contributed by atoms with Gasteiger partial charge in [-0.25, -0.2) is 4.39 Å². The van der Waals surface area contributed by atoms with Gasteiger partial charge in [0.25, 0.3) is 0 Å². The van der Waals surface area contributed by atoms with Crippen LogP contribution in [0.3, 0.4) is 0 Å². The first-order chi connectivity index (χ1) is 10.0. The molecule has 0 atom stereocenters. The molecule has 110 valence electrons. The number of halogens is 1. The third-order valence-corrected chi connectivity index (χ3v) is 3.06. The van der Waals surface area contributed by atoms with E-state index in [0.29, 0.717) is 5.69 Å². The van der Waals surface area contributed by atoms with Crippen LogP contribution in [-0.2, 0) is 4.79 Å². The van der Waals surface area contributed by atoms with Crippen molar-refractivity contribution in [3.8, 4) is 5.75 Å². The molecule has 0 aliphatic heterocycles. The minimum atomic E-state index is -0.369. The number of hydrogen-bond donors (Lipinski definition) is 1. The molecule has 1 amide bonds. The van der Waals surface area contributed by atoms with Gasteiger partial charge < -0.3 is 10.1 Å². The van der Waals surface area contributed by atoms with Gasteiger partial charge in [0.05, 0.1) is 13.0 Å². The highest BCUT2D eigenvalue weighted by Gasteiger charge is 2.06. The Morgan fingerprint density at radius 2 is 2.00 bits per heavy atom. The summed E-state index contributed by atoms with van der Waals surface area (Å²) in [6.07, 6.45) is 0.212. The van der Waals surface area contributed by atoms with Gasteiger partial charge in [-0.05, 0) is 49.2 Å². The third kappa shape index (κ3) is 4.60. The van der Waals surface area contributed by atoms with E-state index in [1.165, 1.54) is 12.1 Å². The summed E-state index contributed by atoms with van der Waals surface area (Å²) in [7, 11) is 0. The van der Waals surface area contributed by atoms with Gasteiger partial charge in [-0.1, -0.05) is 18.2 Å². The second-order valence-corrected chi connectivity index (χ2v) is 4.92. The van der Waals surface area contributed by atoms with Crippen molar-refractivity contribution in [1.82, 2.24) is 0 Å². The molecule has 0 spiro atoms. The standard InChI is InChI=1S/C17H18FNO2/c1-12-4-3-5-15(10-12)21-9-8-17(20)19-16-11-14(18)7-6-13(16)2/h3-7,10-11H,8-9H2,1-2H3,(H,19,20). The molecule has 0 unspecified atom stereocenters. The highest BCUT2D eigenvalue weighted by molar-refractivity contribution is 5.91. The molecule has 2 aromatic carbocycles. The first-order valence-electron chi connectivity index (χ1n) is 6.80. The fourth-order valence-electron chi connectivity index (χ4n) is 1.91. The summed E-state index contributed by atoms with van der Waals surface area (Å²) in [6, 6.07) is 12.0. The van der Waals surface area contributed by atoms with Crippen LogP contribution in [-0.4, -0.2) is 12.5 Å². The highest BCUT2D eigenvalue weighted by atomic mass is 19.1. The third-order valence-electron chi connectivity index (χ3n) is 3.06. The number of carbonyl (C=O) groups is 1. The van der Waals surface area contributed by atoms with Gasteiger partial charge >= 0.3 is 0 Å². The smallest absolute Gasteiger partial charge is 0.227 e. The van der Waals surface area contributed by atoms with Crippen molar-refractivity contribution < 1.29 is 13.9 Å². The number of benzene rings is 2. The lowest BCUT2D eigenvalue weighted by Gasteiger charge is -2.09. The van der Waals surface area contributed by atoms with E-state index in [0.717, 1.165) is 16.9 Å². The van der Waals surface area contributed by atoms with Gasteiger partial charge in [-0.15, -0.1) is 0 Å². The highest BCUT2D eigenvalue weighted by Crippen LogP contribution is 2.16. The summed E-state index contributed by atoms with van der Waals surface area (Å²) in [5.74, 6) is 0.174. The lowest BCUT2D eigenvalue weighted by molar-refractivity contribution is -0.116. The summed E-state index contributed by atoms with van der Waals surface area (Å²) in [5, 5.41) is 2.69. The number of anilines is 1. The molecule has 2 rings (SSSR count).